The summed E-state index contributed by atoms with van der Waals surface area (Å²) in [5, 5.41) is 19.2. The third-order valence-corrected chi connectivity index (χ3v) is 12.5. The van der Waals surface area contributed by atoms with E-state index >= 15 is 0 Å². The monoisotopic (exact) mass is 907 g/mol. The van der Waals surface area contributed by atoms with Gasteiger partial charge < -0.3 is 14.7 Å². The van der Waals surface area contributed by atoms with Crippen molar-refractivity contribution in [1.82, 2.24) is 43.2 Å². The molecule has 16 heteroatoms. The number of anilines is 2. The van der Waals surface area contributed by atoms with Gasteiger partial charge in [0.05, 0.1) is 34.9 Å². The molecular weight excluding hydrogens is 870 g/mol. The molecule has 0 amide bonds. The molecule has 0 radical (unpaired) electrons. The van der Waals surface area contributed by atoms with E-state index in [2.05, 4.69) is 74.0 Å². The summed E-state index contributed by atoms with van der Waals surface area (Å²) < 4.78 is 9.25. The van der Waals surface area contributed by atoms with Crippen molar-refractivity contribution < 1.29 is 0 Å². The maximum Gasteiger partial charge on any atom is 0.263 e. The van der Waals surface area contributed by atoms with Crippen molar-refractivity contribution in [3.63, 3.8) is 0 Å². The van der Waals surface area contributed by atoms with Crippen LogP contribution in [0.3, 0.4) is 0 Å². The molecule has 0 bridgehead atoms. The third-order valence-electron chi connectivity index (χ3n) is 10.5. The molecule has 290 valence electrons. The number of rotatable bonds is 6. The topological polar surface area (TPSA) is 114 Å². The van der Waals surface area contributed by atoms with Crippen molar-refractivity contribution in [3.05, 3.63) is 138 Å². The molecule has 6 heterocycles. The minimum Gasteiger partial charge on any atom is -0.339 e. The van der Waals surface area contributed by atoms with Crippen molar-refractivity contribution in [1.29, 1.82) is 0 Å². The summed E-state index contributed by atoms with van der Waals surface area (Å²) in [5.41, 5.74) is 3.66. The summed E-state index contributed by atoms with van der Waals surface area (Å²) in [6.45, 7) is 6.49. The van der Waals surface area contributed by atoms with Crippen LogP contribution in [0.4, 0.5) is 11.9 Å². The van der Waals surface area contributed by atoms with Crippen LogP contribution in [0.5, 0.6) is 0 Å². The molecular formula is C41H39Br2N11O2S. The molecule has 0 unspecified atom stereocenters. The molecule has 0 N–H and O–H groups in total. The zero-order valence-electron chi connectivity index (χ0n) is 31.2. The van der Waals surface area contributed by atoms with E-state index < -0.39 is 0 Å². The number of thioether (sulfide) groups is 1. The molecule has 0 saturated carbocycles. The maximum absolute atomic E-state index is 13.4. The zero-order valence-corrected chi connectivity index (χ0v) is 35.2. The smallest absolute Gasteiger partial charge is 0.263 e. The van der Waals surface area contributed by atoms with Crippen LogP contribution >= 0.6 is 43.6 Å². The van der Waals surface area contributed by atoms with E-state index in [-0.39, 0.29) is 11.1 Å². The van der Waals surface area contributed by atoms with Crippen LogP contribution in [0, 0.1) is 0 Å². The van der Waals surface area contributed by atoms with Crippen LogP contribution in [0.25, 0.3) is 33.4 Å². The lowest BCUT2D eigenvalue weighted by Gasteiger charge is -2.32. The first-order valence-corrected chi connectivity index (χ1v) is 21.6. The summed E-state index contributed by atoms with van der Waals surface area (Å²) in [6.07, 6.45) is 0. The molecule has 0 spiro atoms. The predicted molar refractivity (Wildman–Crippen MR) is 235 cm³/mol. The number of likely N-dealkylation sites (N-methyl/N-ethyl adjacent to an activating group) is 1. The number of piperazine rings is 1. The Morgan fingerprint density at radius 2 is 1.00 bits per heavy atom. The minimum absolute atomic E-state index is 0.0548. The van der Waals surface area contributed by atoms with Gasteiger partial charge in [-0.3, -0.25) is 18.7 Å². The van der Waals surface area contributed by atoms with Crippen LogP contribution < -0.4 is 20.9 Å². The molecule has 8 aromatic rings. The first-order valence-electron chi connectivity index (χ1n) is 18.8. The largest absolute Gasteiger partial charge is 0.339 e. The third kappa shape index (κ3) is 7.35. The Kier molecular flexibility index (Phi) is 10.6. The SMILES string of the molecule is CN1CCN(c2nnc3n(Cc4ccccc4)c(=O)c4cc(Br)ccc4n23)CC1.O=c1c2cc(Br)ccc2n2c(N3CCSCC3)nnc2n1Cc1ccccc1. The van der Waals surface area contributed by atoms with Gasteiger partial charge in [0, 0.05) is 59.7 Å². The lowest BCUT2D eigenvalue weighted by atomic mass is 10.2. The molecule has 10 rings (SSSR count). The van der Waals surface area contributed by atoms with Gasteiger partial charge in [0.15, 0.2) is 0 Å². The Balaban J connectivity index is 0.000000148. The quantitative estimate of drug-likeness (QED) is 0.197. The number of aromatic nitrogens is 8. The van der Waals surface area contributed by atoms with E-state index in [1.807, 2.05) is 118 Å². The van der Waals surface area contributed by atoms with Crippen LogP contribution in [-0.4, -0.2) is 101 Å². The fourth-order valence-electron chi connectivity index (χ4n) is 7.53. The molecule has 2 fully saturated rings. The second-order valence-electron chi connectivity index (χ2n) is 14.2. The first-order chi connectivity index (χ1) is 27.8. The van der Waals surface area contributed by atoms with Crippen LogP contribution in [0.2, 0.25) is 0 Å². The van der Waals surface area contributed by atoms with Crippen molar-refractivity contribution in [2.75, 3.05) is 67.6 Å². The van der Waals surface area contributed by atoms with Gasteiger partial charge in [0.2, 0.25) is 23.5 Å². The second-order valence-corrected chi connectivity index (χ2v) is 17.3. The molecule has 2 aliphatic rings. The average Bonchev–Trinajstić information content (AvgIpc) is 3.89. The van der Waals surface area contributed by atoms with Gasteiger partial charge in [-0.15, -0.1) is 20.4 Å². The van der Waals surface area contributed by atoms with Gasteiger partial charge in [0.1, 0.15) is 0 Å². The highest BCUT2D eigenvalue weighted by atomic mass is 79.9. The number of hydrogen-bond donors (Lipinski definition) is 0. The highest BCUT2D eigenvalue weighted by molar-refractivity contribution is 9.10. The Bertz CT molecular complexity index is 2850. The van der Waals surface area contributed by atoms with Gasteiger partial charge in [-0.2, -0.15) is 11.8 Å². The zero-order chi connectivity index (χ0) is 39.0. The summed E-state index contributed by atoms with van der Waals surface area (Å²) in [4.78, 5) is 33.5. The molecule has 13 nitrogen and oxygen atoms in total. The maximum atomic E-state index is 13.4. The Morgan fingerprint density at radius 3 is 1.46 bits per heavy atom. The van der Waals surface area contributed by atoms with Gasteiger partial charge in [-0.1, -0.05) is 92.5 Å². The van der Waals surface area contributed by atoms with Gasteiger partial charge in [0.25, 0.3) is 11.1 Å². The lowest BCUT2D eigenvalue weighted by molar-refractivity contribution is 0.311. The van der Waals surface area contributed by atoms with E-state index in [9.17, 15) is 9.59 Å². The predicted octanol–water partition coefficient (Wildman–Crippen LogP) is 6.02. The van der Waals surface area contributed by atoms with E-state index in [4.69, 9.17) is 0 Å². The first kappa shape index (κ1) is 37.5. The second kappa shape index (κ2) is 16.1. The Hall–Kier alpha value is -5.03. The Morgan fingerprint density at radius 1 is 0.561 bits per heavy atom. The average molecular weight is 910 g/mol. The number of nitrogens with zero attached hydrogens (tertiary/aromatic N) is 11. The molecule has 2 aliphatic heterocycles. The van der Waals surface area contributed by atoms with Crippen LogP contribution in [0.15, 0.2) is 116 Å². The molecule has 4 aromatic carbocycles. The molecule has 57 heavy (non-hydrogen) atoms. The summed E-state index contributed by atoms with van der Waals surface area (Å²) in [7, 11) is 2.13. The van der Waals surface area contributed by atoms with E-state index in [0.29, 0.717) is 35.4 Å². The van der Waals surface area contributed by atoms with Gasteiger partial charge in [-0.25, -0.2) is 8.80 Å². The molecule has 0 aliphatic carbocycles. The van der Waals surface area contributed by atoms with Crippen molar-refractivity contribution in [2.45, 2.75) is 13.1 Å². The number of benzene rings is 4. The fraction of sp³-hybridized carbons (Fsp3) is 0.268. The summed E-state index contributed by atoms with van der Waals surface area (Å²) in [6, 6.07) is 31.6. The van der Waals surface area contributed by atoms with E-state index in [1.54, 1.807) is 9.13 Å². The summed E-state index contributed by atoms with van der Waals surface area (Å²) in [5.74, 6) is 4.90. The fourth-order valence-corrected chi connectivity index (χ4v) is 9.16. The minimum atomic E-state index is -0.0602. The highest BCUT2D eigenvalue weighted by Gasteiger charge is 2.24. The number of halogens is 2. The normalized spacial score (nSPS) is 15.1. The Labute approximate surface area is 348 Å². The lowest BCUT2D eigenvalue weighted by Crippen LogP contribution is -2.45. The summed E-state index contributed by atoms with van der Waals surface area (Å²) >= 11 is 8.97. The van der Waals surface area contributed by atoms with E-state index in [0.717, 1.165) is 93.8 Å². The molecule has 2 saturated heterocycles. The van der Waals surface area contributed by atoms with Gasteiger partial charge >= 0.3 is 0 Å². The number of fused-ring (bicyclic) bond motifs is 6. The highest BCUT2D eigenvalue weighted by Crippen LogP contribution is 2.26. The van der Waals surface area contributed by atoms with Crippen LogP contribution in [0.1, 0.15) is 11.1 Å². The standard InChI is InChI=1S/C21H21BrN6O.C20H18BrN5OS/c1-25-9-11-26(12-10-25)20-23-24-21-27(14-15-5-3-2-4-6-15)19(29)17-13-16(22)7-8-18(17)28(20)21;21-15-6-7-17-16(12-15)18(27)25(13-14-4-2-1-3-5-14)20-23-22-19(26(17)20)24-8-10-28-11-9-24/h2-8,13H,9-12,14H2,1H3;1-7,12H,8-11,13H2. The molecule has 4 aromatic heterocycles. The molecule has 0 atom stereocenters. The van der Waals surface area contributed by atoms with Crippen molar-refractivity contribution in [3.8, 4) is 0 Å². The van der Waals surface area contributed by atoms with Crippen molar-refractivity contribution in [2.24, 2.45) is 0 Å². The van der Waals surface area contributed by atoms with Crippen molar-refractivity contribution >= 4 is 88.9 Å². The number of hydrogen-bond acceptors (Lipinski definition) is 10. The van der Waals surface area contributed by atoms with Crippen LogP contribution in [-0.2, 0) is 13.1 Å². The van der Waals surface area contributed by atoms with E-state index in [1.165, 1.54) is 0 Å². The van der Waals surface area contributed by atoms with Gasteiger partial charge in [-0.05, 0) is 54.6 Å².